The molecule has 0 aliphatic carbocycles. The Hall–Kier alpha value is 0.430. The summed E-state index contributed by atoms with van der Waals surface area (Å²) in [4.78, 5) is 0. The summed E-state index contributed by atoms with van der Waals surface area (Å²) in [5, 5.41) is 0. The van der Waals surface area contributed by atoms with Crippen LogP contribution in [0.15, 0.2) is 9.66 Å². The van der Waals surface area contributed by atoms with E-state index < -0.39 is 0 Å². The molecule has 0 N–H and O–H groups in total. The fraction of sp³-hybridized carbons (Fsp3) is 0.846. The smallest absolute Gasteiger partial charge is 0.0985 e. The maximum absolute atomic E-state index is 6.03. The van der Waals surface area contributed by atoms with Crippen molar-refractivity contribution in [3.63, 3.8) is 0 Å². The lowest BCUT2D eigenvalue weighted by molar-refractivity contribution is 0.0348. The van der Waals surface area contributed by atoms with Crippen LogP contribution in [0.4, 0.5) is 0 Å². The molecule has 0 radical (unpaired) electrons. The highest BCUT2D eigenvalue weighted by Crippen LogP contribution is 2.40. The van der Waals surface area contributed by atoms with Crippen molar-refractivity contribution >= 4 is 22.6 Å². The molecule has 0 saturated carbocycles. The highest BCUT2D eigenvalue weighted by atomic mass is 127. The lowest BCUT2D eigenvalue weighted by atomic mass is 9.92. The van der Waals surface area contributed by atoms with Gasteiger partial charge in [0, 0.05) is 10.2 Å². The third-order valence-corrected chi connectivity index (χ3v) is 4.51. The van der Waals surface area contributed by atoms with Gasteiger partial charge in [-0.05, 0) is 48.3 Å². The summed E-state index contributed by atoms with van der Waals surface area (Å²) < 4.78 is 7.48. The fourth-order valence-corrected chi connectivity index (χ4v) is 3.13. The molecule has 1 unspecified atom stereocenters. The molecular formula is C13H23IO. The molecule has 1 nitrogen and oxygen atoms in total. The van der Waals surface area contributed by atoms with Crippen molar-refractivity contribution < 1.29 is 4.74 Å². The van der Waals surface area contributed by atoms with Crippen LogP contribution in [0.1, 0.15) is 58.8 Å². The molecule has 0 aromatic carbocycles. The standard InChI is InChI=1S/C13H23IO/c1-3-5-8-12(14)13(9-6-4-2)10-7-11-15-13/h8H,3-7,9-11H2,1-2H3/b12-8-. The van der Waals surface area contributed by atoms with Gasteiger partial charge in [-0.1, -0.05) is 39.2 Å². The summed E-state index contributed by atoms with van der Waals surface area (Å²) >= 11 is 2.50. The molecule has 1 rings (SSSR count). The van der Waals surface area contributed by atoms with Gasteiger partial charge in [-0.15, -0.1) is 0 Å². The van der Waals surface area contributed by atoms with Gasteiger partial charge in [0.2, 0.25) is 0 Å². The van der Waals surface area contributed by atoms with Crippen LogP contribution in [0, 0.1) is 0 Å². The lowest BCUT2D eigenvalue weighted by Gasteiger charge is -2.28. The van der Waals surface area contributed by atoms with E-state index in [9.17, 15) is 0 Å². The van der Waals surface area contributed by atoms with Crippen molar-refractivity contribution in [1.82, 2.24) is 0 Å². The minimum atomic E-state index is 0.103. The van der Waals surface area contributed by atoms with Crippen LogP contribution < -0.4 is 0 Å². The second-order valence-electron chi connectivity index (χ2n) is 4.39. The van der Waals surface area contributed by atoms with Crippen molar-refractivity contribution in [2.45, 2.75) is 64.4 Å². The molecule has 1 atom stereocenters. The first-order valence-corrected chi connectivity index (χ1v) is 7.33. The number of ether oxygens (including phenoxy) is 1. The fourth-order valence-electron chi connectivity index (χ4n) is 2.12. The largest absolute Gasteiger partial charge is 0.370 e. The molecule has 0 aromatic rings. The van der Waals surface area contributed by atoms with E-state index in [2.05, 4.69) is 42.5 Å². The number of halogens is 1. The summed E-state index contributed by atoms with van der Waals surface area (Å²) in [7, 11) is 0. The molecule has 1 saturated heterocycles. The molecule has 88 valence electrons. The minimum Gasteiger partial charge on any atom is -0.370 e. The second kappa shape index (κ2) is 6.89. The van der Waals surface area contributed by atoms with Gasteiger partial charge in [0.15, 0.2) is 0 Å². The molecule has 1 aliphatic heterocycles. The molecule has 0 amide bonds. The Labute approximate surface area is 108 Å². The molecule has 0 bridgehead atoms. The molecule has 0 spiro atoms. The van der Waals surface area contributed by atoms with Gasteiger partial charge in [-0.2, -0.15) is 0 Å². The Morgan fingerprint density at radius 1 is 1.40 bits per heavy atom. The van der Waals surface area contributed by atoms with Gasteiger partial charge in [0.05, 0.1) is 5.60 Å². The van der Waals surface area contributed by atoms with Gasteiger partial charge in [-0.25, -0.2) is 0 Å². The first kappa shape index (κ1) is 13.5. The van der Waals surface area contributed by atoms with Crippen molar-refractivity contribution in [2.24, 2.45) is 0 Å². The first-order valence-electron chi connectivity index (χ1n) is 6.25. The molecule has 1 heterocycles. The molecule has 2 heteroatoms. The average molecular weight is 322 g/mol. The SMILES string of the molecule is CCC/C=C(\I)C1(CCCC)CCCO1. The van der Waals surface area contributed by atoms with Crippen LogP contribution in [-0.2, 0) is 4.74 Å². The van der Waals surface area contributed by atoms with E-state index in [1.54, 1.807) is 0 Å². The van der Waals surface area contributed by atoms with Gasteiger partial charge in [0.25, 0.3) is 0 Å². The summed E-state index contributed by atoms with van der Waals surface area (Å²) in [5.41, 5.74) is 0.103. The van der Waals surface area contributed by atoms with Crippen molar-refractivity contribution in [3.8, 4) is 0 Å². The van der Waals surface area contributed by atoms with Crippen molar-refractivity contribution in [1.29, 1.82) is 0 Å². The van der Waals surface area contributed by atoms with E-state index in [0.717, 1.165) is 6.61 Å². The van der Waals surface area contributed by atoms with E-state index in [4.69, 9.17) is 4.74 Å². The number of hydrogen-bond donors (Lipinski definition) is 0. The first-order chi connectivity index (χ1) is 7.25. The van der Waals surface area contributed by atoms with E-state index in [1.807, 2.05) is 0 Å². The minimum absolute atomic E-state index is 0.103. The maximum Gasteiger partial charge on any atom is 0.0985 e. The molecule has 0 aromatic heterocycles. The van der Waals surface area contributed by atoms with E-state index in [-0.39, 0.29) is 5.60 Å². The van der Waals surface area contributed by atoms with Crippen LogP contribution in [-0.4, -0.2) is 12.2 Å². The number of rotatable bonds is 6. The van der Waals surface area contributed by atoms with Gasteiger partial charge in [-0.3, -0.25) is 0 Å². The Morgan fingerprint density at radius 3 is 2.73 bits per heavy atom. The molecule has 1 aliphatic rings. The van der Waals surface area contributed by atoms with Crippen LogP contribution in [0.25, 0.3) is 0 Å². The monoisotopic (exact) mass is 322 g/mol. The summed E-state index contributed by atoms with van der Waals surface area (Å²) in [6, 6.07) is 0. The molecule has 15 heavy (non-hydrogen) atoms. The van der Waals surface area contributed by atoms with E-state index >= 15 is 0 Å². The molecular weight excluding hydrogens is 299 g/mol. The third-order valence-electron chi connectivity index (χ3n) is 3.08. The lowest BCUT2D eigenvalue weighted by Crippen LogP contribution is -2.28. The summed E-state index contributed by atoms with van der Waals surface area (Å²) in [5.74, 6) is 0. The quantitative estimate of drug-likeness (QED) is 0.636. The summed E-state index contributed by atoms with van der Waals surface area (Å²) in [6.45, 7) is 5.44. The second-order valence-corrected chi connectivity index (χ2v) is 5.55. The van der Waals surface area contributed by atoms with E-state index in [0.29, 0.717) is 0 Å². The van der Waals surface area contributed by atoms with Crippen LogP contribution in [0.3, 0.4) is 0 Å². The topological polar surface area (TPSA) is 9.23 Å². The number of hydrogen-bond acceptors (Lipinski definition) is 1. The maximum atomic E-state index is 6.03. The highest BCUT2D eigenvalue weighted by molar-refractivity contribution is 14.1. The van der Waals surface area contributed by atoms with Crippen LogP contribution in [0.2, 0.25) is 0 Å². The van der Waals surface area contributed by atoms with Crippen LogP contribution in [0.5, 0.6) is 0 Å². The summed E-state index contributed by atoms with van der Waals surface area (Å²) in [6.07, 6.45) is 11.0. The predicted octanol–water partition coefficient (Wildman–Crippen LogP) is 4.84. The van der Waals surface area contributed by atoms with Crippen molar-refractivity contribution in [2.75, 3.05) is 6.61 Å². The van der Waals surface area contributed by atoms with Crippen LogP contribution >= 0.6 is 22.6 Å². The highest BCUT2D eigenvalue weighted by Gasteiger charge is 2.36. The predicted molar refractivity (Wildman–Crippen MR) is 74.5 cm³/mol. The number of unbranched alkanes of at least 4 members (excludes halogenated alkanes) is 2. The van der Waals surface area contributed by atoms with Gasteiger partial charge < -0.3 is 4.74 Å². The normalized spacial score (nSPS) is 27.3. The van der Waals surface area contributed by atoms with E-state index in [1.165, 1.54) is 48.5 Å². The Bertz CT molecular complexity index is 205. The third kappa shape index (κ3) is 3.74. The van der Waals surface area contributed by atoms with Crippen molar-refractivity contribution in [3.05, 3.63) is 9.66 Å². The molecule has 1 fully saturated rings. The Balaban J connectivity index is 2.62. The average Bonchev–Trinajstić information content (AvgIpc) is 2.73. The zero-order valence-corrected chi connectivity index (χ0v) is 12.2. The van der Waals surface area contributed by atoms with Gasteiger partial charge in [0.1, 0.15) is 0 Å². The Kier molecular flexibility index (Phi) is 6.20. The zero-order valence-electron chi connectivity index (χ0n) is 10.0. The van der Waals surface area contributed by atoms with Gasteiger partial charge >= 0.3 is 0 Å². The number of allylic oxidation sites excluding steroid dienone is 1. The Morgan fingerprint density at radius 2 is 2.20 bits per heavy atom. The zero-order chi connectivity index (χ0) is 11.1.